The van der Waals surface area contributed by atoms with Crippen LogP contribution in [0, 0.1) is 5.82 Å². The molecule has 0 amide bonds. The van der Waals surface area contributed by atoms with Gasteiger partial charge in [0.1, 0.15) is 23.1 Å². The molecule has 3 N–H and O–H groups in total. The summed E-state index contributed by atoms with van der Waals surface area (Å²) in [5, 5.41) is 18.9. The third-order valence-corrected chi connectivity index (χ3v) is 3.31. The molecule has 6 heteroatoms. The van der Waals surface area contributed by atoms with Crippen molar-refractivity contribution in [3.8, 4) is 22.9 Å². The van der Waals surface area contributed by atoms with Gasteiger partial charge in [-0.2, -0.15) is 0 Å². The van der Waals surface area contributed by atoms with E-state index in [1.807, 2.05) is 0 Å². The maximum absolute atomic E-state index is 13.4. The fraction of sp³-hybridized carbons (Fsp3) is 0. The minimum atomic E-state index is -0.388. The van der Waals surface area contributed by atoms with Gasteiger partial charge < -0.3 is 15.2 Å². The van der Waals surface area contributed by atoms with Crippen LogP contribution in [0.2, 0.25) is 0 Å². The van der Waals surface area contributed by atoms with E-state index in [2.05, 4.69) is 25.9 Å². The first-order valence-corrected chi connectivity index (χ1v) is 6.20. The minimum absolute atomic E-state index is 0.0668. The number of halogens is 2. The lowest BCUT2D eigenvalue weighted by Crippen LogP contribution is -1.80. The summed E-state index contributed by atoms with van der Waals surface area (Å²) in [5.74, 6) is -0.0780. The Morgan fingerprint density at radius 3 is 2.42 bits per heavy atom. The predicted octanol–water partition coefficient (Wildman–Crippen LogP) is 3.54. The van der Waals surface area contributed by atoms with Gasteiger partial charge in [0, 0.05) is 17.7 Å². The van der Waals surface area contributed by atoms with Gasteiger partial charge in [0.05, 0.1) is 15.5 Å². The van der Waals surface area contributed by atoms with E-state index in [0.717, 1.165) is 0 Å². The van der Waals surface area contributed by atoms with Crippen LogP contribution in [0.3, 0.4) is 0 Å². The summed E-state index contributed by atoms with van der Waals surface area (Å²) in [6, 6.07) is 7.04. The van der Waals surface area contributed by atoms with E-state index >= 15 is 0 Å². The molecular formula is C13H8BrFN2O2. The van der Waals surface area contributed by atoms with Crippen molar-refractivity contribution in [1.82, 2.24) is 9.97 Å². The van der Waals surface area contributed by atoms with Crippen molar-refractivity contribution in [2.45, 2.75) is 0 Å². The topological polar surface area (TPSA) is 69.1 Å². The number of phenolic OH excluding ortho intramolecular Hbond substituents is 2. The molecule has 4 nitrogen and oxygen atoms in total. The number of aromatic nitrogens is 2. The molecule has 0 saturated carbocycles. The minimum Gasteiger partial charge on any atom is -0.508 e. The van der Waals surface area contributed by atoms with Gasteiger partial charge in [0.25, 0.3) is 0 Å². The van der Waals surface area contributed by atoms with Crippen molar-refractivity contribution in [3.05, 3.63) is 40.6 Å². The summed E-state index contributed by atoms with van der Waals surface area (Å²) in [4.78, 5) is 7.23. The number of phenols is 2. The molecule has 2 aromatic carbocycles. The predicted molar refractivity (Wildman–Crippen MR) is 72.5 cm³/mol. The lowest BCUT2D eigenvalue weighted by molar-refractivity contribution is 0.451. The highest BCUT2D eigenvalue weighted by Gasteiger charge is 2.10. The first kappa shape index (κ1) is 12.0. The molecule has 0 radical (unpaired) electrons. The molecule has 1 aromatic heterocycles. The quantitative estimate of drug-likeness (QED) is 0.641. The van der Waals surface area contributed by atoms with Gasteiger partial charge in [-0.15, -0.1) is 0 Å². The largest absolute Gasteiger partial charge is 0.508 e. The second-order valence-corrected chi connectivity index (χ2v) is 4.96. The van der Waals surface area contributed by atoms with Crippen LogP contribution >= 0.6 is 15.9 Å². The second kappa shape index (κ2) is 4.24. The monoisotopic (exact) mass is 322 g/mol. The number of nitrogens with zero attached hydrogens (tertiary/aromatic N) is 1. The van der Waals surface area contributed by atoms with Crippen molar-refractivity contribution >= 4 is 27.0 Å². The third-order valence-electron chi connectivity index (χ3n) is 2.70. The van der Waals surface area contributed by atoms with Crippen molar-refractivity contribution in [3.63, 3.8) is 0 Å². The summed E-state index contributed by atoms with van der Waals surface area (Å²) in [5.41, 5.74) is 1.65. The molecule has 96 valence electrons. The summed E-state index contributed by atoms with van der Waals surface area (Å²) in [6.07, 6.45) is 0. The molecular weight excluding hydrogens is 315 g/mol. The number of aromatic hydroxyl groups is 2. The first-order valence-electron chi connectivity index (χ1n) is 5.41. The normalized spacial score (nSPS) is 11.1. The Morgan fingerprint density at radius 2 is 1.74 bits per heavy atom. The summed E-state index contributed by atoms with van der Waals surface area (Å²) in [7, 11) is 0. The molecule has 0 bridgehead atoms. The molecule has 3 rings (SSSR count). The number of hydrogen-bond acceptors (Lipinski definition) is 3. The van der Waals surface area contributed by atoms with Gasteiger partial charge >= 0.3 is 0 Å². The number of imidazole rings is 1. The molecule has 1 heterocycles. The van der Waals surface area contributed by atoms with Gasteiger partial charge in [-0.25, -0.2) is 9.37 Å². The number of aromatic amines is 1. The van der Waals surface area contributed by atoms with E-state index in [0.29, 0.717) is 26.9 Å². The molecule has 0 atom stereocenters. The van der Waals surface area contributed by atoms with Crippen molar-refractivity contribution < 1.29 is 14.6 Å². The smallest absolute Gasteiger partial charge is 0.139 e. The SMILES string of the molecule is Oc1cc(O)cc(-c2nc3cc(Br)c(F)cc3[nH]2)c1. The van der Waals surface area contributed by atoms with Crippen LogP contribution in [0.1, 0.15) is 0 Å². The molecule has 0 unspecified atom stereocenters. The molecule has 0 saturated heterocycles. The van der Waals surface area contributed by atoms with E-state index in [1.54, 1.807) is 6.07 Å². The van der Waals surface area contributed by atoms with E-state index in [1.165, 1.54) is 24.3 Å². The van der Waals surface area contributed by atoms with E-state index in [9.17, 15) is 14.6 Å². The van der Waals surface area contributed by atoms with Crippen molar-refractivity contribution in [2.24, 2.45) is 0 Å². The Bertz CT molecular complexity index is 726. The molecule has 0 aliphatic heterocycles. The highest BCUT2D eigenvalue weighted by molar-refractivity contribution is 9.10. The van der Waals surface area contributed by atoms with Crippen LogP contribution in [0.15, 0.2) is 34.8 Å². The molecule has 3 aromatic rings. The Labute approximate surface area is 115 Å². The van der Waals surface area contributed by atoms with Crippen LogP contribution < -0.4 is 0 Å². The standard InChI is InChI=1S/C13H8BrFN2O2/c14-9-4-11-12(5-10(9)15)17-13(16-11)6-1-7(18)3-8(19)2-6/h1-5,18-19H,(H,16,17). The second-order valence-electron chi connectivity index (χ2n) is 4.11. The number of rotatable bonds is 1. The fourth-order valence-electron chi connectivity index (χ4n) is 1.87. The van der Waals surface area contributed by atoms with E-state index in [4.69, 9.17) is 0 Å². The zero-order valence-corrected chi connectivity index (χ0v) is 11.1. The average molecular weight is 323 g/mol. The summed E-state index contributed by atoms with van der Waals surface area (Å²) >= 11 is 3.10. The van der Waals surface area contributed by atoms with Crippen LogP contribution in [0.4, 0.5) is 4.39 Å². The fourth-order valence-corrected chi connectivity index (χ4v) is 2.20. The highest BCUT2D eigenvalue weighted by atomic mass is 79.9. The van der Waals surface area contributed by atoms with E-state index < -0.39 is 0 Å². The zero-order chi connectivity index (χ0) is 13.6. The molecule has 19 heavy (non-hydrogen) atoms. The zero-order valence-electron chi connectivity index (χ0n) is 9.48. The van der Waals surface area contributed by atoms with Crippen molar-refractivity contribution in [1.29, 1.82) is 0 Å². The Hall–Kier alpha value is -2.08. The third kappa shape index (κ3) is 2.15. The molecule has 0 aliphatic rings. The Balaban J connectivity index is 2.20. The first-order chi connectivity index (χ1) is 9.02. The van der Waals surface area contributed by atoms with Gasteiger partial charge in [0.15, 0.2) is 0 Å². The highest BCUT2D eigenvalue weighted by Crippen LogP contribution is 2.29. The number of fused-ring (bicyclic) bond motifs is 1. The maximum atomic E-state index is 13.4. The molecule has 0 fully saturated rings. The van der Waals surface area contributed by atoms with Crippen LogP contribution in [-0.4, -0.2) is 20.2 Å². The van der Waals surface area contributed by atoms with Crippen LogP contribution in [0.25, 0.3) is 22.4 Å². The molecule has 0 spiro atoms. The number of hydrogen-bond donors (Lipinski definition) is 3. The van der Waals surface area contributed by atoms with E-state index in [-0.39, 0.29) is 17.3 Å². The summed E-state index contributed by atoms with van der Waals surface area (Å²) < 4.78 is 13.7. The Kier molecular flexibility index (Phi) is 2.67. The van der Waals surface area contributed by atoms with Crippen molar-refractivity contribution in [2.75, 3.05) is 0 Å². The number of benzene rings is 2. The van der Waals surface area contributed by atoms with Gasteiger partial charge in [-0.3, -0.25) is 0 Å². The Morgan fingerprint density at radius 1 is 1.05 bits per heavy atom. The lowest BCUT2D eigenvalue weighted by Gasteiger charge is -1.99. The average Bonchev–Trinajstić information content (AvgIpc) is 2.71. The maximum Gasteiger partial charge on any atom is 0.139 e. The van der Waals surface area contributed by atoms with Gasteiger partial charge in [0.2, 0.25) is 0 Å². The van der Waals surface area contributed by atoms with Gasteiger partial charge in [-0.1, -0.05) is 0 Å². The number of H-pyrrole nitrogens is 1. The van der Waals surface area contributed by atoms with Crippen LogP contribution in [0.5, 0.6) is 11.5 Å². The lowest BCUT2D eigenvalue weighted by atomic mass is 10.2. The van der Waals surface area contributed by atoms with Crippen LogP contribution in [-0.2, 0) is 0 Å². The molecule has 0 aliphatic carbocycles. The number of nitrogens with one attached hydrogen (secondary N) is 1. The van der Waals surface area contributed by atoms with Gasteiger partial charge in [-0.05, 0) is 34.1 Å². The summed E-state index contributed by atoms with van der Waals surface area (Å²) in [6.45, 7) is 0.